The van der Waals surface area contributed by atoms with Crippen molar-refractivity contribution in [2.75, 3.05) is 13.7 Å². The molecule has 0 heterocycles. The lowest BCUT2D eigenvalue weighted by Gasteiger charge is -2.11. The zero-order valence-corrected chi connectivity index (χ0v) is 12.7. The molecular formula is C14H19NO5S. The maximum atomic E-state index is 12.0. The van der Waals surface area contributed by atoms with Crippen LogP contribution in [0.3, 0.4) is 0 Å². The molecule has 0 aromatic heterocycles. The Labute approximate surface area is 124 Å². The summed E-state index contributed by atoms with van der Waals surface area (Å²) in [5, 5.41) is 5.12. The highest BCUT2D eigenvalue weighted by molar-refractivity contribution is 7.89. The van der Waals surface area contributed by atoms with E-state index in [4.69, 9.17) is 14.6 Å². The maximum Gasteiger partial charge on any atom is 0.338 e. The highest BCUT2D eigenvalue weighted by Crippen LogP contribution is 2.26. The van der Waals surface area contributed by atoms with Crippen molar-refractivity contribution >= 4 is 16.0 Å². The molecule has 1 aliphatic rings. The number of hydrogen-bond acceptors (Lipinski definition) is 5. The van der Waals surface area contributed by atoms with Crippen molar-refractivity contribution in [3.8, 4) is 5.75 Å². The number of benzene rings is 1. The molecule has 0 radical (unpaired) electrons. The summed E-state index contributed by atoms with van der Waals surface area (Å²) in [4.78, 5) is 11.8. The van der Waals surface area contributed by atoms with Crippen LogP contribution in [0, 0.1) is 5.92 Å². The van der Waals surface area contributed by atoms with Gasteiger partial charge in [-0.3, -0.25) is 0 Å². The summed E-state index contributed by atoms with van der Waals surface area (Å²) in [7, 11) is -2.63. The minimum absolute atomic E-state index is 0.102. The monoisotopic (exact) mass is 313 g/mol. The average Bonchev–Trinajstić information content (AvgIpc) is 2.96. The van der Waals surface area contributed by atoms with Gasteiger partial charge in [0, 0.05) is 0 Å². The summed E-state index contributed by atoms with van der Waals surface area (Å²) in [6.07, 6.45) is 4.47. The number of primary sulfonamides is 1. The Morgan fingerprint density at radius 1 is 1.33 bits per heavy atom. The Bertz CT molecular complexity index is 620. The van der Waals surface area contributed by atoms with Gasteiger partial charge in [0.1, 0.15) is 10.6 Å². The van der Waals surface area contributed by atoms with Gasteiger partial charge in [-0.05, 0) is 37.0 Å². The lowest BCUT2D eigenvalue weighted by Crippen LogP contribution is -2.16. The van der Waals surface area contributed by atoms with Crippen LogP contribution in [0.1, 0.15) is 36.0 Å². The molecule has 1 aliphatic carbocycles. The third-order valence-electron chi connectivity index (χ3n) is 3.63. The van der Waals surface area contributed by atoms with Crippen LogP contribution in [0.4, 0.5) is 0 Å². The summed E-state index contributed by atoms with van der Waals surface area (Å²) in [5.41, 5.74) is 0.151. The molecule has 1 saturated carbocycles. The molecule has 1 aromatic rings. The number of nitrogens with two attached hydrogens (primary N) is 1. The largest absolute Gasteiger partial charge is 0.495 e. The molecule has 0 amide bonds. The van der Waals surface area contributed by atoms with E-state index >= 15 is 0 Å². The van der Waals surface area contributed by atoms with Crippen LogP contribution < -0.4 is 9.88 Å². The molecule has 0 saturated heterocycles. The lowest BCUT2D eigenvalue weighted by molar-refractivity contribution is 0.0442. The zero-order valence-electron chi connectivity index (χ0n) is 11.9. The van der Waals surface area contributed by atoms with Crippen molar-refractivity contribution in [3.05, 3.63) is 23.8 Å². The van der Waals surface area contributed by atoms with Gasteiger partial charge in [-0.1, -0.05) is 12.8 Å². The summed E-state index contributed by atoms with van der Waals surface area (Å²) < 4.78 is 33.2. The van der Waals surface area contributed by atoms with Gasteiger partial charge in [-0.2, -0.15) is 0 Å². The van der Waals surface area contributed by atoms with Crippen LogP contribution in [0.5, 0.6) is 5.75 Å². The lowest BCUT2D eigenvalue weighted by atomic mass is 10.1. The Balaban J connectivity index is 2.13. The molecule has 2 rings (SSSR count). The van der Waals surface area contributed by atoms with Crippen molar-refractivity contribution in [1.29, 1.82) is 0 Å². The summed E-state index contributed by atoms with van der Waals surface area (Å²) in [6, 6.07) is 4.04. The molecule has 116 valence electrons. The van der Waals surface area contributed by atoms with Gasteiger partial charge >= 0.3 is 5.97 Å². The van der Waals surface area contributed by atoms with E-state index in [0.29, 0.717) is 12.5 Å². The van der Waals surface area contributed by atoms with Crippen LogP contribution in [-0.4, -0.2) is 28.1 Å². The fourth-order valence-corrected chi connectivity index (χ4v) is 3.20. The van der Waals surface area contributed by atoms with Crippen LogP contribution in [0.25, 0.3) is 0 Å². The highest BCUT2D eigenvalue weighted by Gasteiger charge is 2.20. The molecule has 21 heavy (non-hydrogen) atoms. The summed E-state index contributed by atoms with van der Waals surface area (Å²) in [5.74, 6) is -0.0378. The van der Waals surface area contributed by atoms with Gasteiger partial charge in [-0.15, -0.1) is 0 Å². The van der Waals surface area contributed by atoms with Crippen LogP contribution in [-0.2, 0) is 14.8 Å². The number of ether oxygens (including phenoxy) is 2. The van der Waals surface area contributed by atoms with E-state index in [1.54, 1.807) is 0 Å². The van der Waals surface area contributed by atoms with Gasteiger partial charge in [0.2, 0.25) is 10.0 Å². The number of carbonyl (C=O) groups excluding carboxylic acids is 1. The maximum absolute atomic E-state index is 12.0. The third-order valence-corrected chi connectivity index (χ3v) is 4.56. The Kier molecular flexibility index (Phi) is 4.84. The number of methoxy groups -OCH3 is 1. The average molecular weight is 313 g/mol. The summed E-state index contributed by atoms with van der Waals surface area (Å²) in [6.45, 7) is 0.371. The molecule has 7 heteroatoms. The molecule has 0 bridgehead atoms. The third kappa shape index (κ3) is 3.95. The first-order valence-electron chi connectivity index (χ1n) is 6.80. The van der Waals surface area contributed by atoms with Crippen molar-refractivity contribution in [2.24, 2.45) is 11.1 Å². The van der Waals surface area contributed by atoms with Crippen molar-refractivity contribution < 1.29 is 22.7 Å². The minimum atomic E-state index is -3.96. The summed E-state index contributed by atoms with van der Waals surface area (Å²) >= 11 is 0. The van der Waals surface area contributed by atoms with E-state index in [0.717, 1.165) is 12.8 Å². The number of sulfonamides is 1. The van der Waals surface area contributed by atoms with Crippen molar-refractivity contribution in [2.45, 2.75) is 30.6 Å². The van der Waals surface area contributed by atoms with E-state index < -0.39 is 16.0 Å². The molecule has 2 N–H and O–H groups in total. The normalized spacial score (nSPS) is 15.9. The first-order chi connectivity index (χ1) is 9.91. The molecule has 1 fully saturated rings. The van der Waals surface area contributed by atoms with Gasteiger partial charge in [0.15, 0.2) is 0 Å². The predicted molar refractivity (Wildman–Crippen MR) is 76.6 cm³/mol. The Morgan fingerprint density at radius 3 is 2.57 bits per heavy atom. The molecule has 0 spiro atoms. The molecule has 0 aliphatic heterocycles. The predicted octanol–water partition coefficient (Wildman–Crippen LogP) is 1.69. The molecule has 0 unspecified atom stereocenters. The molecule has 1 aromatic carbocycles. The van der Waals surface area contributed by atoms with E-state index in [1.165, 1.54) is 38.2 Å². The molecule has 0 atom stereocenters. The number of rotatable bonds is 5. The molecular weight excluding hydrogens is 294 g/mol. The topological polar surface area (TPSA) is 95.7 Å². The standard InChI is InChI=1S/C14H19NO5S/c1-19-12-7-6-11(8-13(12)21(15,17)18)14(16)20-9-10-4-2-3-5-10/h6-8,10H,2-5,9H2,1H3,(H2,15,17,18). The second kappa shape index (κ2) is 6.44. The second-order valence-electron chi connectivity index (χ2n) is 5.16. The molecule has 6 nitrogen and oxygen atoms in total. The first kappa shape index (κ1) is 15.8. The zero-order chi connectivity index (χ0) is 15.5. The number of hydrogen-bond donors (Lipinski definition) is 1. The minimum Gasteiger partial charge on any atom is -0.495 e. The van der Waals surface area contributed by atoms with Crippen LogP contribution >= 0.6 is 0 Å². The van der Waals surface area contributed by atoms with E-state index in [-0.39, 0.29) is 16.2 Å². The van der Waals surface area contributed by atoms with Crippen molar-refractivity contribution in [1.82, 2.24) is 0 Å². The smallest absolute Gasteiger partial charge is 0.338 e. The highest BCUT2D eigenvalue weighted by atomic mass is 32.2. The van der Waals surface area contributed by atoms with Crippen LogP contribution in [0.2, 0.25) is 0 Å². The number of carbonyl (C=O) groups is 1. The fraction of sp³-hybridized carbons (Fsp3) is 0.500. The first-order valence-corrected chi connectivity index (χ1v) is 8.34. The Morgan fingerprint density at radius 2 is 2.00 bits per heavy atom. The second-order valence-corrected chi connectivity index (χ2v) is 6.69. The van der Waals surface area contributed by atoms with E-state index in [9.17, 15) is 13.2 Å². The van der Waals surface area contributed by atoms with Gasteiger partial charge in [0.25, 0.3) is 0 Å². The fourth-order valence-electron chi connectivity index (χ4n) is 2.48. The SMILES string of the molecule is COc1ccc(C(=O)OCC2CCCC2)cc1S(N)(=O)=O. The quantitative estimate of drug-likeness (QED) is 0.835. The van der Waals surface area contributed by atoms with Gasteiger partial charge in [-0.25, -0.2) is 18.4 Å². The van der Waals surface area contributed by atoms with Crippen LogP contribution in [0.15, 0.2) is 23.1 Å². The van der Waals surface area contributed by atoms with E-state index in [2.05, 4.69) is 0 Å². The van der Waals surface area contributed by atoms with E-state index in [1.807, 2.05) is 0 Å². The van der Waals surface area contributed by atoms with Crippen molar-refractivity contribution in [3.63, 3.8) is 0 Å². The Hall–Kier alpha value is -1.60. The number of esters is 1. The van der Waals surface area contributed by atoms with Gasteiger partial charge < -0.3 is 9.47 Å². The van der Waals surface area contributed by atoms with Gasteiger partial charge in [0.05, 0.1) is 19.3 Å².